The molecule has 1 aromatic heterocycles. The fourth-order valence-electron chi connectivity index (χ4n) is 0.986. The van der Waals surface area contributed by atoms with Crippen molar-refractivity contribution < 1.29 is 13.2 Å². The Morgan fingerprint density at radius 2 is 2.33 bits per heavy atom. The molecule has 0 aliphatic carbocycles. The van der Waals surface area contributed by atoms with Gasteiger partial charge in [-0.05, 0) is 12.1 Å². The molecule has 0 radical (unpaired) electrons. The SMILES string of the molecule is COCCNS(=O)(=O)c1cccnc1N. The Morgan fingerprint density at radius 1 is 1.60 bits per heavy atom. The molecule has 7 heteroatoms. The second-order valence-corrected chi connectivity index (χ2v) is 4.51. The van der Waals surface area contributed by atoms with Gasteiger partial charge in [-0.15, -0.1) is 0 Å². The molecule has 0 bridgehead atoms. The van der Waals surface area contributed by atoms with E-state index in [1.807, 2.05) is 0 Å². The third-order valence-corrected chi connectivity index (χ3v) is 3.20. The summed E-state index contributed by atoms with van der Waals surface area (Å²) in [5.41, 5.74) is 5.45. The van der Waals surface area contributed by atoms with Crippen molar-refractivity contribution in [1.82, 2.24) is 9.71 Å². The van der Waals surface area contributed by atoms with Gasteiger partial charge in [-0.25, -0.2) is 18.1 Å². The molecule has 0 aliphatic rings. The van der Waals surface area contributed by atoms with Gasteiger partial charge in [0, 0.05) is 19.9 Å². The number of nitrogens with one attached hydrogen (secondary N) is 1. The van der Waals surface area contributed by atoms with Crippen LogP contribution >= 0.6 is 0 Å². The van der Waals surface area contributed by atoms with Crippen LogP contribution < -0.4 is 10.5 Å². The molecular weight excluding hydrogens is 218 g/mol. The second-order valence-electron chi connectivity index (χ2n) is 2.78. The van der Waals surface area contributed by atoms with Gasteiger partial charge in [0.15, 0.2) is 0 Å². The summed E-state index contributed by atoms with van der Waals surface area (Å²) in [7, 11) is -2.09. The van der Waals surface area contributed by atoms with Crippen molar-refractivity contribution in [3.05, 3.63) is 18.3 Å². The van der Waals surface area contributed by atoms with Gasteiger partial charge in [-0.3, -0.25) is 0 Å². The van der Waals surface area contributed by atoms with Gasteiger partial charge < -0.3 is 10.5 Å². The lowest BCUT2D eigenvalue weighted by molar-refractivity contribution is 0.204. The number of pyridine rings is 1. The summed E-state index contributed by atoms with van der Waals surface area (Å²) < 4.78 is 30.4. The van der Waals surface area contributed by atoms with Crippen molar-refractivity contribution in [2.75, 3.05) is 26.0 Å². The van der Waals surface area contributed by atoms with Gasteiger partial charge in [-0.2, -0.15) is 0 Å². The van der Waals surface area contributed by atoms with E-state index in [0.29, 0.717) is 6.61 Å². The highest BCUT2D eigenvalue weighted by atomic mass is 32.2. The summed E-state index contributed by atoms with van der Waals surface area (Å²) in [4.78, 5) is 3.69. The summed E-state index contributed by atoms with van der Waals surface area (Å²) in [5, 5.41) is 0. The minimum atomic E-state index is -3.58. The Morgan fingerprint density at radius 3 is 2.93 bits per heavy atom. The van der Waals surface area contributed by atoms with Crippen LogP contribution in [-0.4, -0.2) is 33.7 Å². The zero-order chi connectivity index (χ0) is 11.3. The lowest BCUT2D eigenvalue weighted by atomic mass is 10.5. The van der Waals surface area contributed by atoms with Crippen molar-refractivity contribution in [3.63, 3.8) is 0 Å². The quantitative estimate of drug-likeness (QED) is 0.672. The van der Waals surface area contributed by atoms with E-state index in [2.05, 4.69) is 9.71 Å². The van der Waals surface area contributed by atoms with E-state index in [4.69, 9.17) is 10.5 Å². The Kier molecular flexibility index (Phi) is 4.01. The molecule has 0 fully saturated rings. The van der Waals surface area contributed by atoms with Crippen LogP contribution in [0.25, 0.3) is 0 Å². The number of aromatic nitrogens is 1. The van der Waals surface area contributed by atoms with Gasteiger partial charge >= 0.3 is 0 Å². The average Bonchev–Trinajstić information content (AvgIpc) is 2.18. The first-order chi connectivity index (χ1) is 7.08. The van der Waals surface area contributed by atoms with E-state index in [0.717, 1.165) is 0 Å². The number of rotatable bonds is 5. The number of hydrogen-bond donors (Lipinski definition) is 2. The molecule has 0 aliphatic heterocycles. The summed E-state index contributed by atoms with van der Waals surface area (Å²) in [5.74, 6) is -0.0117. The van der Waals surface area contributed by atoms with Crippen LogP contribution in [0.1, 0.15) is 0 Å². The zero-order valence-corrected chi connectivity index (χ0v) is 9.12. The van der Waals surface area contributed by atoms with Gasteiger partial charge in [0.2, 0.25) is 10.0 Å². The maximum absolute atomic E-state index is 11.6. The molecule has 0 aromatic carbocycles. The van der Waals surface area contributed by atoms with Gasteiger partial charge in [-0.1, -0.05) is 0 Å². The predicted molar refractivity (Wildman–Crippen MR) is 55.7 cm³/mol. The predicted octanol–water partition coefficient (Wildman–Crippen LogP) is -0.412. The fraction of sp³-hybridized carbons (Fsp3) is 0.375. The van der Waals surface area contributed by atoms with E-state index in [9.17, 15) is 8.42 Å². The highest BCUT2D eigenvalue weighted by Gasteiger charge is 2.16. The van der Waals surface area contributed by atoms with Gasteiger partial charge in [0.1, 0.15) is 10.7 Å². The van der Waals surface area contributed by atoms with E-state index in [-0.39, 0.29) is 17.3 Å². The first-order valence-electron chi connectivity index (χ1n) is 4.27. The minimum Gasteiger partial charge on any atom is -0.383 e. The normalized spacial score (nSPS) is 11.5. The number of anilines is 1. The number of methoxy groups -OCH3 is 1. The van der Waals surface area contributed by atoms with E-state index >= 15 is 0 Å². The van der Waals surface area contributed by atoms with E-state index in [1.165, 1.54) is 25.4 Å². The van der Waals surface area contributed by atoms with Crippen LogP contribution in [0.2, 0.25) is 0 Å². The second kappa shape index (κ2) is 5.06. The first kappa shape index (κ1) is 11.9. The van der Waals surface area contributed by atoms with Crippen LogP contribution in [0.5, 0.6) is 0 Å². The third-order valence-electron chi connectivity index (χ3n) is 1.69. The summed E-state index contributed by atoms with van der Waals surface area (Å²) in [6.45, 7) is 0.507. The Labute approximate surface area is 88.5 Å². The molecular formula is C8H13N3O3S. The monoisotopic (exact) mass is 231 g/mol. The van der Waals surface area contributed by atoms with Crippen molar-refractivity contribution in [1.29, 1.82) is 0 Å². The maximum atomic E-state index is 11.6. The molecule has 0 saturated heterocycles. The lowest BCUT2D eigenvalue weighted by Gasteiger charge is -2.07. The number of hydrogen-bond acceptors (Lipinski definition) is 5. The molecule has 3 N–H and O–H groups in total. The summed E-state index contributed by atoms with van der Waals surface area (Å²) in [6.07, 6.45) is 1.43. The summed E-state index contributed by atoms with van der Waals surface area (Å²) >= 11 is 0. The fourth-order valence-corrected chi connectivity index (χ4v) is 2.08. The average molecular weight is 231 g/mol. The zero-order valence-electron chi connectivity index (χ0n) is 8.30. The molecule has 15 heavy (non-hydrogen) atoms. The topological polar surface area (TPSA) is 94.3 Å². The standard InChI is InChI=1S/C8H13N3O3S/c1-14-6-5-11-15(12,13)7-3-2-4-10-8(7)9/h2-4,11H,5-6H2,1H3,(H2,9,10). The van der Waals surface area contributed by atoms with Crippen LogP contribution in [0.3, 0.4) is 0 Å². The molecule has 1 aromatic rings. The van der Waals surface area contributed by atoms with Crippen molar-refractivity contribution in [2.45, 2.75) is 4.90 Å². The summed E-state index contributed by atoms with van der Waals surface area (Å²) in [6, 6.07) is 2.92. The number of ether oxygens (including phenoxy) is 1. The molecule has 0 unspecified atom stereocenters. The molecule has 6 nitrogen and oxygen atoms in total. The Hall–Kier alpha value is -1.18. The molecule has 0 amide bonds. The van der Waals surface area contributed by atoms with Crippen LogP contribution in [0.4, 0.5) is 5.82 Å². The van der Waals surface area contributed by atoms with Crippen LogP contribution in [0.15, 0.2) is 23.2 Å². The smallest absolute Gasteiger partial charge is 0.244 e. The molecule has 1 heterocycles. The van der Waals surface area contributed by atoms with Crippen LogP contribution in [-0.2, 0) is 14.8 Å². The molecule has 1 rings (SSSR count). The number of nitrogens with two attached hydrogens (primary N) is 1. The van der Waals surface area contributed by atoms with Gasteiger partial charge in [0.25, 0.3) is 0 Å². The number of sulfonamides is 1. The minimum absolute atomic E-state index is 0.0117. The lowest BCUT2D eigenvalue weighted by Crippen LogP contribution is -2.28. The highest BCUT2D eigenvalue weighted by Crippen LogP contribution is 2.13. The Bertz CT molecular complexity index is 419. The van der Waals surface area contributed by atoms with Gasteiger partial charge in [0.05, 0.1) is 6.61 Å². The molecule has 0 spiro atoms. The van der Waals surface area contributed by atoms with Crippen LogP contribution in [0, 0.1) is 0 Å². The third kappa shape index (κ3) is 3.15. The van der Waals surface area contributed by atoms with Crippen molar-refractivity contribution in [3.8, 4) is 0 Å². The van der Waals surface area contributed by atoms with E-state index < -0.39 is 10.0 Å². The Balaban J connectivity index is 2.83. The number of nitrogens with zero attached hydrogens (tertiary/aromatic N) is 1. The molecule has 0 saturated carbocycles. The first-order valence-corrected chi connectivity index (χ1v) is 5.75. The molecule has 0 atom stereocenters. The van der Waals surface area contributed by atoms with E-state index in [1.54, 1.807) is 0 Å². The molecule has 84 valence electrons. The van der Waals surface area contributed by atoms with Crippen molar-refractivity contribution in [2.24, 2.45) is 0 Å². The highest BCUT2D eigenvalue weighted by molar-refractivity contribution is 7.89. The van der Waals surface area contributed by atoms with Crippen molar-refractivity contribution >= 4 is 15.8 Å². The number of nitrogen functional groups attached to an aromatic ring is 1. The maximum Gasteiger partial charge on any atom is 0.244 e. The largest absolute Gasteiger partial charge is 0.383 e.